The van der Waals surface area contributed by atoms with Gasteiger partial charge in [0, 0.05) is 12.7 Å². The van der Waals surface area contributed by atoms with E-state index >= 15 is 0 Å². The summed E-state index contributed by atoms with van der Waals surface area (Å²) in [4.78, 5) is 16.9. The monoisotopic (exact) mass is 290 g/mol. The van der Waals surface area contributed by atoms with Gasteiger partial charge < -0.3 is 10.4 Å². The van der Waals surface area contributed by atoms with E-state index in [0.29, 0.717) is 17.1 Å². The number of nitrogens with one attached hydrogen (secondary N) is 1. The molecule has 0 aliphatic heterocycles. The molecule has 0 aliphatic rings. The molecule has 2 aromatic heterocycles. The molecule has 2 N–H and O–H groups in total. The molecule has 1 atom stereocenters. The highest BCUT2D eigenvalue weighted by Crippen LogP contribution is 2.18. The van der Waals surface area contributed by atoms with Crippen molar-refractivity contribution in [2.75, 3.05) is 6.61 Å². The Labute approximate surface area is 124 Å². The van der Waals surface area contributed by atoms with E-state index in [1.165, 1.54) is 0 Å². The Bertz CT molecular complexity index is 648. The lowest BCUT2D eigenvalue weighted by Gasteiger charge is -2.18. The van der Waals surface area contributed by atoms with E-state index in [4.69, 9.17) is 0 Å². The summed E-state index contributed by atoms with van der Waals surface area (Å²) in [6, 6.07) is 1.51. The van der Waals surface area contributed by atoms with E-state index in [2.05, 4.69) is 29.2 Å². The first-order valence-electron chi connectivity index (χ1n) is 7.13. The van der Waals surface area contributed by atoms with Gasteiger partial charge in [-0.1, -0.05) is 13.8 Å². The van der Waals surface area contributed by atoms with Gasteiger partial charge in [0.2, 0.25) is 0 Å². The van der Waals surface area contributed by atoms with Gasteiger partial charge in [0.15, 0.2) is 5.65 Å². The average molecular weight is 290 g/mol. The molecule has 6 nitrogen and oxygen atoms in total. The number of pyridine rings is 1. The molecule has 0 saturated heterocycles. The molecule has 6 heteroatoms. The number of aryl methyl sites for hydroxylation is 2. The molecular weight excluding hydrogens is 268 g/mol. The number of nitrogens with zero attached hydrogens (tertiary/aromatic N) is 3. The molecule has 1 amide bonds. The second-order valence-electron chi connectivity index (χ2n) is 5.80. The normalized spacial score (nSPS) is 12.9. The minimum Gasteiger partial charge on any atom is -0.394 e. The molecule has 0 aliphatic carbocycles. The number of aliphatic hydroxyl groups is 1. The lowest BCUT2D eigenvalue weighted by molar-refractivity contribution is 0.0910. The van der Waals surface area contributed by atoms with Gasteiger partial charge in [-0.15, -0.1) is 0 Å². The summed E-state index contributed by atoms with van der Waals surface area (Å²) in [5.41, 5.74) is 2.00. The molecule has 2 heterocycles. The van der Waals surface area contributed by atoms with Crippen LogP contribution in [0.25, 0.3) is 11.0 Å². The Kier molecular flexibility index (Phi) is 4.57. The van der Waals surface area contributed by atoms with Crippen molar-refractivity contribution in [3.8, 4) is 0 Å². The molecule has 0 aromatic carbocycles. The first-order chi connectivity index (χ1) is 9.92. The average Bonchev–Trinajstić information content (AvgIpc) is 2.78. The van der Waals surface area contributed by atoms with Crippen LogP contribution in [0.5, 0.6) is 0 Å². The maximum atomic E-state index is 12.5. The van der Waals surface area contributed by atoms with Gasteiger partial charge in [0.05, 0.1) is 29.8 Å². The number of aromatic nitrogens is 3. The summed E-state index contributed by atoms with van der Waals surface area (Å²) in [7, 11) is 1.80. The van der Waals surface area contributed by atoms with Gasteiger partial charge in [-0.25, -0.2) is 4.98 Å². The molecule has 0 bridgehead atoms. The predicted molar refractivity (Wildman–Crippen MR) is 81.0 cm³/mol. The number of carbonyl (C=O) groups is 1. The second-order valence-corrected chi connectivity index (χ2v) is 5.80. The summed E-state index contributed by atoms with van der Waals surface area (Å²) in [6.07, 6.45) is 2.38. The first kappa shape index (κ1) is 15.4. The molecule has 2 aromatic rings. The molecule has 114 valence electrons. The molecule has 1 unspecified atom stereocenters. The highest BCUT2D eigenvalue weighted by Gasteiger charge is 2.18. The van der Waals surface area contributed by atoms with Crippen molar-refractivity contribution in [2.24, 2.45) is 13.0 Å². The SMILES string of the molecule is Cc1cc(C(=O)NC(CO)CC(C)C)c2cnn(C)c2n1. The first-order valence-corrected chi connectivity index (χ1v) is 7.13. The second kappa shape index (κ2) is 6.22. The van der Waals surface area contributed by atoms with Crippen molar-refractivity contribution in [1.82, 2.24) is 20.1 Å². The third kappa shape index (κ3) is 3.39. The summed E-state index contributed by atoms with van der Waals surface area (Å²) in [6.45, 7) is 5.90. The number of aliphatic hydroxyl groups excluding tert-OH is 1. The van der Waals surface area contributed by atoms with Gasteiger partial charge in [-0.05, 0) is 25.3 Å². The van der Waals surface area contributed by atoms with Gasteiger partial charge in [-0.3, -0.25) is 9.48 Å². The highest BCUT2D eigenvalue weighted by molar-refractivity contribution is 6.05. The van der Waals surface area contributed by atoms with Crippen LogP contribution in [0.1, 0.15) is 36.3 Å². The summed E-state index contributed by atoms with van der Waals surface area (Å²) in [5.74, 6) is 0.207. The van der Waals surface area contributed by atoms with E-state index in [1.54, 1.807) is 24.0 Å². The van der Waals surface area contributed by atoms with Crippen molar-refractivity contribution in [2.45, 2.75) is 33.2 Å². The van der Waals surface area contributed by atoms with Crippen molar-refractivity contribution in [3.63, 3.8) is 0 Å². The topological polar surface area (TPSA) is 80.0 Å². The van der Waals surface area contributed by atoms with Crippen LogP contribution in [0.15, 0.2) is 12.3 Å². The Morgan fingerprint density at radius 3 is 2.81 bits per heavy atom. The van der Waals surface area contributed by atoms with Crippen molar-refractivity contribution < 1.29 is 9.90 Å². The molecule has 0 radical (unpaired) electrons. The standard InChI is InChI=1S/C15H22N4O2/c1-9(2)5-11(8-20)18-15(21)12-6-10(3)17-14-13(12)7-16-19(14)4/h6-7,9,11,20H,5,8H2,1-4H3,(H,18,21). The van der Waals surface area contributed by atoms with Crippen LogP contribution in [-0.2, 0) is 7.05 Å². The van der Waals surface area contributed by atoms with Gasteiger partial charge in [-0.2, -0.15) is 5.10 Å². The van der Waals surface area contributed by atoms with Crippen LogP contribution < -0.4 is 5.32 Å². The Morgan fingerprint density at radius 2 is 2.19 bits per heavy atom. The molecule has 2 rings (SSSR count). The quantitative estimate of drug-likeness (QED) is 0.872. The van der Waals surface area contributed by atoms with Gasteiger partial charge in [0.25, 0.3) is 5.91 Å². The van der Waals surface area contributed by atoms with Gasteiger partial charge >= 0.3 is 0 Å². The third-order valence-corrected chi connectivity index (χ3v) is 3.39. The largest absolute Gasteiger partial charge is 0.394 e. The fourth-order valence-corrected chi connectivity index (χ4v) is 2.44. The maximum absolute atomic E-state index is 12.5. The number of carbonyl (C=O) groups excluding carboxylic acids is 1. The summed E-state index contributed by atoms with van der Waals surface area (Å²) in [5, 5.41) is 17.2. The van der Waals surface area contributed by atoms with Crippen LogP contribution in [0, 0.1) is 12.8 Å². The number of hydrogen-bond acceptors (Lipinski definition) is 4. The van der Waals surface area contributed by atoms with Crippen LogP contribution >= 0.6 is 0 Å². The van der Waals surface area contributed by atoms with Crippen LogP contribution in [0.4, 0.5) is 0 Å². The molecule has 0 spiro atoms. The number of rotatable bonds is 5. The number of amides is 1. The van der Waals surface area contributed by atoms with Crippen molar-refractivity contribution >= 4 is 16.9 Å². The van der Waals surface area contributed by atoms with E-state index in [9.17, 15) is 9.90 Å². The fourth-order valence-electron chi connectivity index (χ4n) is 2.44. The summed E-state index contributed by atoms with van der Waals surface area (Å²) >= 11 is 0. The Balaban J connectivity index is 2.30. The zero-order valence-corrected chi connectivity index (χ0v) is 12.9. The lowest BCUT2D eigenvalue weighted by Crippen LogP contribution is -2.38. The zero-order chi connectivity index (χ0) is 15.6. The zero-order valence-electron chi connectivity index (χ0n) is 12.9. The van der Waals surface area contributed by atoms with E-state index in [-0.39, 0.29) is 18.6 Å². The molecule has 0 fully saturated rings. The van der Waals surface area contributed by atoms with Crippen molar-refractivity contribution in [1.29, 1.82) is 0 Å². The van der Waals surface area contributed by atoms with Crippen molar-refractivity contribution in [3.05, 3.63) is 23.5 Å². The third-order valence-electron chi connectivity index (χ3n) is 3.39. The van der Waals surface area contributed by atoms with Crippen LogP contribution in [0.2, 0.25) is 0 Å². The maximum Gasteiger partial charge on any atom is 0.252 e. The van der Waals surface area contributed by atoms with E-state index < -0.39 is 0 Å². The minimum absolute atomic E-state index is 0.0653. The molecule has 0 saturated carbocycles. The lowest BCUT2D eigenvalue weighted by atomic mass is 10.0. The predicted octanol–water partition coefficient (Wildman–Crippen LogP) is 1.41. The van der Waals surface area contributed by atoms with Gasteiger partial charge in [0.1, 0.15) is 0 Å². The van der Waals surface area contributed by atoms with E-state index in [0.717, 1.165) is 17.5 Å². The summed E-state index contributed by atoms with van der Waals surface area (Å²) < 4.78 is 1.65. The Hall–Kier alpha value is -1.95. The smallest absolute Gasteiger partial charge is 0.252 e. The molecular formula is C15H22N4O2. The van der Waals surface area contributed by atoms with Crippen LogP contribution in [0.3, 0.4) is 0 Å². The molecule has 21 heavy (non-hydrogen) atoms. The fraction of sp³-hybridized carbons (Fsp3) is 0.533. The number of fused-ring (bicyclic) bond motifs is 1. The number of hydrogen-bond donors (Lipinski definition) is 2. The van der Waals surface area contributed by atoms with Crippen LogP contribution in [-0.4, -0.2) is 38.4 Å². The highest BCUT2D eigenvalue weighted by atomic mass is 16.3. The van der Waals surface area contributed by atoms with E-state index in [1.807, 2.05) is 6.92 Å². The Morgan fingerprint density at radius 1 is 1.48 bits per heavy atom. The minimum atomic E-state index is -0.238.